The van der Waals surface area contributed by atoms with E-state index < -0.39 is 0 Å². The van der Waals surface area contributed by atoms with E-state index in [0.29, 0.717) is 30.3 Å². The third kappa shape index (κ3) is 2.01. The maximum absolute atomic E-state index is 11.4. The quantitative estimate of drug-likeness (QED) is 0.739. The van der Waals surface area contributed by atoms with Crippen molar-refractivity contribution in [3.63, 3.8) is 0 Å². The zero-order valence-corrected chi connectivity index (χ0v) is 8.97. The second-order valence-electron chi connectivity index (χ2n) is 3.49. The first kappa shape index (κ1) is 10.6. The molecule has 0 bridgehead atoms. The van der Waals surface area contributed by atoms with Crippen molar-refractivity contribution >= 4 is 0 Å². The highest BCUT2D eigenvalue weighted by molar-refractivity contribution is 5.43. The minimum atomic E-state index is -0.184. The summed E-state index contributed by atoms with van der Waals surface area (Å²) in [6, 6.07) is 1.46. The van der Waals surface area contributed by atoms with Crippen LogP contribution >= 0.6 is 0 Å². The van der Waals surface area contributed by atoms with Gasteiger partial charge in [-0.2, -0.15) is 0 Å². The first-order valence-corrected chi connectivity index (χ1v) is 4.98. The molecule has 84 valence electrons. The molecule has 0 spiro atoms. The molecule has 0 saturated carbocycles. The van der Waals surface area contributed by atoms with Gasteiger partial charge in [0.2, 0.25) is 0 Å². The number of hydrogen-bond donors (Lipinski definition) is 2. The molecule has 0 radical (unpaired) electrons. The Kier molecular flexibility index (Phi) is 2.82. The van der Waals surface area contributed by atoms with Crippen LogP contribution in [0.2, 0.25) is 0 Å². The number of hydrogen-bond acceptors (Lipinski definition) is 4. The Hall–Kier alpha value is -1.95. The summed E-state index contributed by atoms with van der Waals surface area (Å²) in [4.78, 5) is 22.5. The molecule has 2 heterocycles. The third-order valence-corrected chi connectivity index (χ3v) is 2.23. The highest BCUT2D eigenvalue weighted by atomic mass is 16.1. The van der Waals surface area contributed by atoms with Gasteiger partial charge in [-0.1, -0.05) is 0 Å². The van der Waals surface area contributed by atoms with Crippen LogP contribution in [-0.2, 0) is 13.5 Å². The average molecular weight is 219 g/mol. The molecule has 2 aromatic rings. The third-order valence-electron chi connectivity index (χ3n) is 2.23. The summed E-state index contributed by atoms with van der Waals surface area (Å²) >= 11 is 0. The molecule has 0 aromatic carbocycles. The second-order valence-corrected chi connectivity index (χ2v) is 3.49. The first-order valence-electron chi connectivity index (χ1n) is 4.98. The molecule has 0 atom stereocenters. The molecule has 0 aliphatic carbocycles. The highest BCUT2D eigenvalue weighted by Crippen LogP contribution is 2.09. The van der Waals surface area contributed by atoms with Gasteiger partial charge in [-0.15, -0.1) is 0 Å². The van der Waals surface area contributed by atoms with E-state index in [2.05, 4.69) is 15.0 Å². The van der Waals surface area contributed by atoms with E-state index in [1.807, 2.05) is 7.05 Å². The minimum Gasteiger partial charge on any atom is -0.331 e. The summed E-state index contributed by atoms with van der Waals surface area (Å²) < 4.78 is 1.80. The summed E-state index contributed by atoms with van der Waals surface area (Å²) in [7, 11) is 1.85. The van der Waals surface area contributed by atoms with E-state index >= 15 is 0 Å². The predicted molar refractivity (Wildman–Crippen MR) is 59.8 cm³/mol. The molecule has 6 nitrogen and oxygen atoms in total. The van der Waals surface area contributed by atoms with E-state index in [1.54, 1.807) is 17.0 Å². The van der Waals surface area contributed by atoms with Crippen molar-refractivity contribution in [2.45, 2.75) is 6.42 Å². The Labute approximate surface area is 92.2 Å². The molecule has 0 aliphatic rings. The molecule has 3 N–H and O–H groups in total. The molecular weight excluding hydrogens is 206 g/mol. The van der Waals surface area contributed by atoms with Gasteiger partial charge in [-0.3, -0.25) is 4.79 Å². The second kappa shape index (κ2) is 4.28. The zero-order chi connectivity index (χ0) is 11.5. The lowest BCUT2D eigenvalue weighted by molar-refractivity contribution is 0.872. The topological polar surface area (TPSA) is 89.6 Å². The molecule has 0 aliphatic heterocycles. The van der Waals surface area contributed by atoms with E-state index in [9.17, 15) is 4.79 Å². The first-order chi connectivity index (χ1) is 7.70. The van der Waals surface area contributed by atoms with Crippen molar-refractivity contribution in [2.75, 3.05) is 6.54 Å². The van der Waals surface area contributed by atoms with Gasteiger partial charge < -0.3 is 15.3 Å². The summed E-state index contributed by atoms with van der Waals surface area (Å²) in [5, 5.41) is 0. The lowest BCUT2D eigenvalue weighted by Crippen LogP contribution is -2.14. The van der Waals surface area contributed by atoms with E-state index in [1.165, 1.54) is 6.07 Å². The summed E-state index contributed by atoms with van der Waals surface area (Å²) in [5.41, 5.74) is 5.94. The van der Waals surface area contributed by atoms with Crippen molar-refractivity contribution in [1.29, 1.82) is 0 Å². The van der Waals surface area contributed by atoms with Gasteiger partial charge in [-0.05, 0) is 6.54 Å². The van der Waals surface area contributed by atoms with Crippen LogP contribution in [0.3, 0.4) is 0 Å². The van der Waals surface area contributed by atoms with E-state index in [4.69, 9.17) is 5.73 Å². The fourth-order valence-electron chi connectivity index (χ4n) is 1.48. The number of rotatable bonds is 3. The summed E-state index contributed by atoms with van der Waals surface area (Å²) in [6.07, 6.45) is 4.04. The van der Waals surface area contributed by atoms with E-state index in [-0.39, 0.29) is 5.56 Å². The zero-order valence-electron chi connectivity index (χ0n) is 8.97. The Morgan fingerprint density at radius 3 is 3.00 bits per heavy atom. The van der Waals surface area contributed by atoms with Gasteiger partial charge in [0.25, 0.3) is 5.56 Å². The van der Waals surface area contributed by atoms with Crippen LogP contribution in [0.15, 0.2) is 23.3 Å². The average Bonchev–Trinajstić information content (AvgIpc) is 2.64. The largest absolute Gasteiger partial charge is 0.331 e. The van der Waals surface area contributed by atoms with Crippen LogP contribution in [-0.4, -0.2) is 26.1 Å². The van der Waals surface area contributed by atoms with Crippen LogP contribution in [0.4, 0.5) is 0 Å². The Morgan fingerprint density at radius 2 is 2.38 bits per heavy atom. The maximum atomic E-state index is 11.4. The number of nitrogens with two attached hydrogens (primary N) is 1. The van der Waals surface area contributed by atoms with Gasteiger partial charge in [0.05, 0.1) is 0 Å². The highest BCUT2D eigenvalue weighted by Gasteiger charge is 2.07. The number of nitrogens with zero attached hydrogens (tertiary/aromatic N) is 3. The van der Waals surface area contributed by atoms with Crippen LogP contribution in [0.25, 0.3) is 11.6 Å². The number of nitrogens with one attached hydrogen (secondary N) is 1. The number of H-pyrrole nitrogens is 1. The Balaban J connectivity index is 2.49. The van der Waals surface area contributed by atoms with Gasteiger partial charge >= 0.3 is 0 Å². The fourth-order valence-corrected chi connectivity index (χ4v) is 1.48. The predicted octanol–water partition coefficient (Wildman–Crippen LogP) is -0.328. The monoisotopic (exact) mass is 219 g/mol. The Morgan fingerprint density at radius 1 is 1.56 bits per heavy atom. The molecular formula is C10H13N5O. The summed E-state index contributed by atoms with van der Waals surface area (Å²) in [6.45, 7) is 0.469. The van der Waals surface area contributed by atoms with Crippen molar-refractivity contribution in [1.82, 2.24) is 19.5 Å². The van der Waals surface area contributed by atoms with Gasteiger partial charge in [0.15, 0.2) is 11.6 Å². The molecule has 0 saturated heterocycles. The molecule has 0 fully saturated rings. The van der Waals surface area contributed by atoms with Crippen molar-refractivity contribution in [3.05, 3.63) is 34.5 Å². The van der Waals surface area contributed by atoms with Gasteiger partial charge in [0.1, 0.15) is 0 Å². The smallest absolute Gasteiger partial charge is 0.251 e. The molecule has 2 rings (SSSR count). The van der Waals surface area contributed by atoms with Gasteiger partial charge in [-0.25, -0.2) is 9.97 Å². The van der Waals surface area contributed by atoms with Crippen LogP contribution < -0.4 is 11.3 Å². The molecule has 0 amide bonds. The van der Waals surface area contributed by atoms with Crippen molar-refractivity contribution in [2.24, 2.45) is 12.8 Å². The van der Waals surface area contributed by atoms with E-state index in [0.717, 1.165) is 0 Å². The normalized spacial score (nSPS) is 10.6. The molecule has 0 unspecified atom stereocenters. The lowest BCUT2D eigenvalue weighted by atomic mass is 10.3. The fraction of sp³-hybridized carbons (Fsp3) is 0.300. The number of aromatic nitrogens is 4. The van der Waals surface area contributed by atoms with Crippen LogP contribution in [0.5, 0.6) is 0 Å². The standard InChI is InChI=1S/C10H13N5O/c1-15-5-4-12-10(15)9-13-7(2-3-11)6-8(16)14-9/h4-6H,2-3,11H2,1H3,(H,13,14,16). The molecule has 2 aromatic heterocycles. The number of aromatic amines is 1. The molecule has 6 heteroatoms. The summed E-state index contributed by atoms with van der Waals surface area (Å²) in [5.74, 6) is 1.11. The SMILES string of the molecule is Cn1ccnc1-c1nc(CCN)cc(=O)[nH]1. The number of imidazole rings is 1. The van der Waals surface area contributed by atoms with Crippen LogP contribution in [0.1, 0.15) is 5.69 Å². The van der Waals surface area contributed by atoms with Crippen LogP contribution in [0, 0.1) is 0 Å². The minimum absolute atomic E-state index is 0.184. The van der Waals surface area contributed by atoms with Crippen molar-refractivity contribution in [3.8, 4) is 11.6 Å². The number of aryl methyl sites for hydroxylation is 1. The Bertz CT molecular complexity index is 542. The lowest BCUT2D eigenvalue weighted by Gasteiger charge is -2.03. The van der Waals surface area contributed by atoms with Crippen molar-refractivity contribution < 1.29 is 0 Å². The maximum Gasteiger partial charge on any atom is 0.251 e. The van der Waals surface area contributed by atoms with Gasteiger partial charge in [0, 0.05) is 37.6 Å². The molecule has 16 heavy (non-hydrogen) atoms.